The van der Waals surface area contributed by atoms with Crippen molar-refractivity contribution in [1.82, 2.24) is 5.32 Å². The Hall–Kier alpha value is -1.22. The lowest BCUT2D eigenvalue weighted by Crippen LogP contribution is -2.42. The fourth-order valence-electron chi connectivity index (χ4n) is 1.20. The SMILES string of the molecule is CN[C@H](C(=O)O)[C@@H](C)O.NCCCC[C@@H](N)C(=O)O. The zero-order valence-electron chi connectivity index (χ0n) is 11.4. The molecular weight excluding hydrogens is 254 g/mol. The van der Waals surface area contributed by atoms with Gasteiger partial charge in [0.1, 0.15) is 12.1 Å². The summed E-state index contributed by atoms with van der Waals surface area (Å²) in [7, 11) is 1.49. The van der Waals surface area contributed by atoms with E-state index in [1.807, 2.05) is 0 Å². The van der Waals surface area contributed by atoms with Crippen LogP contribution < -0.4 is 16.8 Å². The third-order valence-corrected chi connectivity index (χ3v) is 2.35. The number of rotatable bonds is 8. The average Bonchev–Trinajstić information content (AvgIpc) is 2.29. The Bertz CT molecular complexity index is 261. The number of unbranched alkanes of at least 4 members (excludes halogenated alkanes) is 1. The molecule has 0 saturated heterocycles. The highest BCUT2D eigenvalue weighted by Crippen LogP contribution is 1.97. The number of carboxylic acid groups (broad SMARTS) is 2. The highest BCUT2D eigenvalue weighted by atomic mass is 16.4. The fourth-order valence-corrected chi connectivity index (χ4v) is 1.20. The van der Waals surface area contributed by atoms with Crippen molar-refractivity contribution in [3.05, 3.63) is 0 Å². The highest BCUT2D eigenvalue weighted by molar-refractivity contribution is 5.74. The maximum atomic E-state index is 10.1. The van der Waals surface area contributed by atoms with Crippen LogP contribution in [0.25, 0.3) is 0 Å². The molecule has 0 radical (unpaired) electrons. The fraction of sp³-hybridized carbons (Fsp3) is 0.818. The predicted molar refractivity (Wildman–Crippen MR) is 70.7 cm³/mol. The summed E-state index contributed by atoms with van der Waals surface area (Å²) >= 11 is 0. The summed E-state index contributed by atoms with van der Waals surface area (Å²) in [6.07, 6.45) is 1.31. The molecule has 0 aliphatic carbocycles. The number of aliphatic hydroxyl groups excluding tert-OH is 1. The maximum absolute atomic E-state index is 10.1. The molecule has 0 aliphatic rings. The molecular formula is C11H25N3O5. The summed E-state index contributed by atoms with van der Waals surface area (Å²) in [4.78, 5) is 20.3. The van der Waals surface area contributed by atoms with E-state index in [0.717, 1.165) is 12.8 Å². The highest BCUT2D eigenvalue weighted by Gasteiger charge is 2.19. The first-order chi connectivity index (χ1) is 8.77. The summed E-state index contributed by atoms with van der Waals surface area (Å²) < 4.78 is 0. The van der Waals surface area contributed by atoms with Crippen molar-refractivity contribution in [2.24, 2.45) is 11.5 Å². The van der Waals surface area contributed by atoms with Crippen LogP contribution in [0.3, 0.4) is 0 Å². The van der Waals surface area contributed by atoms with Crippen LogP contribution in [-0.2, 0) is 9.59 Å². The van der Waals surface area contributed by atoms with Gasteiger partial charge in [-0.15, -0.1) is 0 Å². The van der Waals surface area contributed by atoms with Crippen molar-refractivity contribution in [3.63, 3.8) is 0 Å². The number of carboxylic acids is 2. The molecule has 19 heavy (non-hydrogen) atoms. The monoisotopic (exact) mass is 279 g/mol. The van der Waals surface area contributed by atoms with Crippen LogP contribution >= 0.6 is 0 Å². The zero-order chi connectivity index (χ0) is 15.4. The van der Waals surface area contributed by atoms with Gasteiger partial charge < -0.3 is 32.1 Å². The van der Waals surface area contributed by atoms with E-state index in [2.05, 4.69) is 5.32 Å². The molecule has 8 nitrogen and oxygen atoms in total. The van der Waals surface area contributed by atoms with E-state index in [1.165, 1.54) is 14.0 Å². The topological polar surface area (TPSA) is 159 Å². The lowest BCUT2D eigenvalue weighted by Gasteiger charge is -2.12. The Labute approximate surface area is 112 Å². The summed E-state index contributed by atoms with van der Waals surface area (Å²) in [6, 6.07) is -1.57. The first-order valence-electron chi connectivity index (χ1n) is 6.04. The number of likely N-dealkylation sites (N-methyl/N-ethyl adjacent to an activating group) is 1. The van der Waals surface area contributed by atoms with Crippen molar-refractivity contribution in [2.45, 2.75) is 44.4 Å². The van der Waals surface area contributed by atoms with Crippen LogP contribution in [0, 0.1) is 0 Å². The first kappa shape index (κ1) is 20.1. The molecule has 114 valence electrons. The number of hydrogen-bond donors (Lipinski definition) is 6. The number of nitrogens with one attached hydrogen (secondary N) is 1. The van der Waals surface area contributed by atoms with Gasteiger partial charge in [0.2, 0.25) is 0 Å². The Balaban J connectivity index is 0. The Kier molecular flexibility index (Phi) is 12.5. The molecule has 0 spiro atoms. The minimum Gasteiger partial charge on any atom is -0.480 e. The molecule has 0 bridgehead atoms. The molecule has 8 heteroatoms. The van der Waals surface area contributed by atoms with Gasteiger partial charge in [0.05, 0.1) is 6.10 Å². The van der Waals surface area contributed by atoms with Crippen molar-refractivity contribution in [2.75, 3.05) is 13.6 Å². The molecule has 8 N–H and O–H groups in total. The number of carbonyl (C=O) groups is 2. The first-order valence-corrected chi connectivity index (χ1v) is 6.04. The van der Waals surface area contributed by atoms with E-state index in [0.29, 0.717) is 13.0 Å². The number of aliphatic hydroxyl groups is 1. The molecule has 0 amide bonds. The van der Waals surface area contributed by atoms with E-state index in [9.17, 15) is 9.59 Å². The number of nitrogens with two attached hydrogens (primary N) is 2. The molecule has 0 rings (SSSR count). The van der Waals surface area contributed by atoms with Crippen LogP contribution in [-0.4, -0.2) is 59.0 Å². The second kappa shape index (κ2) is 11.8. The van der Waals surface area contributed by atoms with Crippen LogP contribution in [0.15, 0.2) is 0 Å². The quantitative estimate of drug-likeness (QED) is 0.295. The van der Waals surface area contributed by atoms with Gasteiger partial charge in [-0.25, -0.2) is 0 Å². The molecule has 0 unspecified atom stereocenters. The largest absolute Gasteiger partial charge is 0.480 e. The summed E-state index contributed by atoms with van der Waals surface area (Å²) in [5.41, 5.74) is 10.4. The summed E-state index contributed by atoms with van der Waals surface area (Å²) in [6.45, 7) is 2.03. The second-order valence-corrected chi connectivity index (χ2v) is 4.07. The standard InChI is InChI=1S/C6H14N2O2.C5H11NO3/c7-4-2-1-3-5(8)6(9)10;1-3(7)4(6-2)5(8)9/h5H,1-4,7-8H2,(H,9,10);3-4,6-7H,1-2H3,(H,8,9)/t5-;3-,4+/m11/s1. The van der Waals surface area contributed by atoms with Gasteiger partial charge in [0, 0.05) is 0 Å². The second-order valence-electron chi connectivity index (χ2n) is 4.07. The average molecular weight is 279 g/mol. The van der Waals surface area contributed by atoms with Gasteiger partial charge in [-0.05, 0) is 33.4 Å². The molecule has 0 aliphatic heterocycles. The minimum atomic E-state index is -1.03. The van der Waals surface area contributed by atoms with E-state index in [4.69, 9.17) is 26.8 Å². The van der Waals surface area contributed by atoms with E-state index in [1.54, 1.807) is 0 Å². The molecule has 0 aromatic rings. The Morgan fingerprint density at radius 3 is 1.95 bits per heavy atom. The molecule has 0 aromatic heterocycles. The van der Waals surface area contributed by atoms with Gasteiger partial charge in [-0.2, -0.15) is 0 Å². The smallest absolute Gasteiger partial charge is 0.323 e. The van der Waals surface area contributed by atoms with Gasteiger partial charge in [-0.1, -0.05) is 6.42 Å². The van der Waals surface area contributed by atoms with Crippen molar-refractivity contribution < 1.29 is 24.9 Å². The third-order valence-electron chi connectivity index (χ3n) is 2.35. The van der Waals surface area contributed by atoms with Crippen LogP contribution in [0.1, 0.15) is 26.2 Å². The number of hydrogen-bond acceptors (Lipinski definition) is 6. The van der Waals surface area contributed by atoms with Gasteiger partial charge in [0.15, 0.2) is 0 Å². The van der Waals surface area contributed by atoms with E-state index < -0.39 is 30.1 Å². The molecule has 0 fully saturated rings. The lowest BCUT2D eigenvalue weighted by atomic mass is 10.1. The third kappa shape index (κ3) is 11.6. The normalized spacial score (nSPS) is 14.8. The van der Waals surface area contributed by atoms with Gasteiger partial charge >= 0.3 is 11.9 Å². The number of aliphatic carboxylic acids is 2. The Morgan fingerprint density at radius 1 is 1.21 bits per heavy atom. The Morgan fingerprint density at radius 2 is 1.74 bits per heavy atom. The van der Waals surface area contributed by atoms with Crippen LogP contribution in [0.5, 0.6) is 0 Å². The minimum absolute atomic E-state index is 0.520. The van der Waals surface area contributed by atoms with Crippen molar-refractivity contribution in [1.29, 1.82) is 0 Å². The lowest BCUT2D eigenvalue weighted by molar-refractivity contribution is -0.142. The van der Waals surface area contributed by atoms with Crippen molar-refractivity contribution in [3.8, 4) is 0 Å². The zero-order valence-corrected chi connectivity index (χ0v) is 11.4. The van der Waals surface area contributed by atoms with Crippen molar-refractivity contribution >= 4 is 11.9 Å². The summed E-state index contributed by atoms with van der Waals surface area (Å²) in [5.74, 6) is -1.97. The van der Waals surface area contributed by atoms with E-state index >= 15 is 0 Å². The molecule has 0 saturated carbocycles. The summed E-state index contributed by atoms with van der Waals surface area (Å²) in [5, 5.41) is 27.8. The molecule has 0 heterocycles. The van der Waals surface area contributed by atoms with Gasteiger partial charge in [0.25, 0.3) is 0 Å². The molecule has 3 atom stereocenters. The molecule has 0 aromatic carbocycles. The van der Waals surface area contributed by atoms with Gasteiger partial charge in [-0.3, -0.25) is 9.59 Å². The maximum Gasteiger partial charge on any atom is 0.323 e. The van der Waals surface area contributed by atoms with Crippen LogP contribution in [0.4, 0.5) is 0 Å². The van der Waals surface area contributed by atoms with E-state index in [-0.39, 0.29) is 0 Å². The van der Waals surface area contributed by atoms with Crippen LogP contribution in [0.2, 0.25) is 0 Å². The predicted octanol–water partition coefficient (Wildman–Crippen LogP) is -1.43.